The van der Waals surface area contributed by atoms with Gasteiger partial charge in [0.25, 0.3) is 0 Å². The summed E-state index contributed by atoms with van der Waals surface area (Å²) in [5.74, 6) is -0.505. The summed E-state index contributed by atoms with van der Waals surface area (Å²) in [5.41, 5.74) is 7.80. The summed E-state index contributed by atoms with van der Waals surface area (Å²) < 4.78 is 4.71. The fraction of sp³-hybridized carbons (Fsp3) is 0.462. The van der Waals surface area contributed by atoms with Crippen LogP contribution in [0.2, 0.25) is 0 Å². The molecule has 2 N–H and O–H groups in total. The number of anilines is 1. The van der Waals surface area contributed by atoms with Gasteiger partial charge in [-0.25, -0.2) is 0 Å². The van der Waals surface area contributed by atoms with Crippen LogP contribution in [0.3, 0.4) is 0 Å². The Morgan fingerprint density at radius 2 is 1.94 bits per heavy atom. The number of carbonyl (C=O) groups excluding carboxylic acids is 1. The summed E-state index contributed by atoms with van der Waals surface area (Å²) in [7, 11) is 5.37. The first-order valence-corrected chi connectivity index (χ1v) is 5.62. The molecule has 17 heavy (non-hydrogen) atoms. The topological polar surface area (TPSA) is 55.6 Å². The summed E-state index contributed by atoms with van der Waals surface area (Å²) in [4.78, 5) is 13.4. The lowest BCUT2D eigenvalue weighted by molar-refractivity contribution is -0.145. The third-order valence-electron chi connectivity index (χ3n) is 2.75. The normalized spacial score (nSPS) is 12.0. The zero-order chi connectivity index (χ0) is 12.8. The molecule has 1 unspecified atom stereocenters. The molecule has 0 aliphatic carbocycles. The number of carbonyl (C=O) groups is 1. The van der Waals surface area contributed by atoms with Crippen molar-refractivity contribution in [1.29, 1.82) is 0 Å². The van der Waals surface area contributed by atoms with Crippen LogP contribution in [0, 0.1) is 5.92 Å². The van der Waals surface area contributed by atoms with Crippen LogP contribution in [0.4, 0.5) is 5.69 Å². The van der Waals surface area contributed by atoms with Crippen molar-refractivity contribution in [2.24, 2.45) is 11.7 Å². The second-order valence-corrected chi connectivity index (χ2v) is 4.22. The van der Waals surface area contributed by atoms with Gasteiger partial charge in [-0.2, -0.15) is 0 Å². The smallest absolute Gasteiger partial charge is 0.310 e. The van der Waals surface area contributed by atoms with E-state index in [2.05, 4.69) is 0 Å². The van der Waals surface area contributed by atoms with Gasteiger partial charge in [0.05, 0.1) is 13.0 Å². The van der Waals surface area contributed by atoms with E-state index in [9.17, 15) is 4.79 Å². The van der Waals surface area contributed by atoms with Gasteiger partial charge in [-0.15, -0.1) is 0 Å². The highest BCUT2D eigenvalue weighted by molar-refractivity contribution is 5.73. The van der Waals surface area contributed by atoms with E-state index in [0.717, 1.165) is 11.3 Å². The molecule has 1 atom stereocenters. The Kier molecular flexibility index (Phi) is 4.97. The van der Waals surface area contributed by atoms with Gasteiger partial charge in [-0.3, -0.25) is 4.79 Å². The molecule has 4 nitrogen and oxygen atoms in total. The molecule has 4 heteroatoms. The molecular formula is C13H20N2O2. The van der Waals surface area contributed by atoms with Crippen molar-refractivity contribution in [3.63, 3.8) is 0 Å². The molecule has 1 aromatic rings. The predicted octanol–water partition coefficient (Wildman–Crippen LogP) is 1.04. The predicted molar refractivity (Wildman–Crippen MR) is 69.0 cm³/mol. The summed E-state index contributed by atoms with van der Waals surface area (Å²) in [5, 5.41) is 0. The maximum absolute atomic E-state index is 11.4. The SMILES string of the molecule is COC(=O)C(CN)Cc1ccc(N(C)C)cc1. The van der Waals surface area contributed by atoms with E-state index in [0.29, 0.717) is 13.0 Å². The lowest BCUT2D eigenvalue weighted by Gasteiger charge is -2.15. The van der Waals surface area contributed by atoms with E-state index in [-0.39, 0.29) is 11.9 Å². The fourth-order valence-electron chi connectivity index (χ4n) is 1.64. The van der Waals surface area contributed by atoms with Crippen LogP contribution in [0.15, 0.2) is 24.3 Å². The highest BCUT2D eigenvalue weighted by Gasteiger charge is 2.17. The molecule has 0 amide bonds. The van der Waals surface area contributed by atoms with E-state index in [1.54, 1.807) is 0 Å². The second-order valence-electron chi connectivity index (χ2n) is 4.22. The van der Waals surface area contributed by atoms with Crippen LogP contribution in [-0.4, -0.2) is 33.7 Å². The first kappa shape index (κ1) is 13.5. The van der Waals surface area contributed by atoms with E-state index >= 15 is 0 Å². The molecular weight excluding hydrogens is 216 g/mol. The number of benzene rings is 1. The van der Waals surface area contributed by atoms with Crippen molar-refractivity contribution in [2.45, 2.75) is 6.42 Å². The van der Waals surface area contributed by atoms with Crippen LogP contribution in [-0.2, 0) is 16.0 Å². The average Bonchev–Trinajstić information content (AvgIpc) is 2.35. The largest absolute Gasteiger partial charge is 0.469 e. The van der Waals surface area contributed by atoms with Crippen molar-refractivity contribution >= 4 is 11.7 Å². The number of nitrogens with zero attached hydrogens (tertiary/aromatic N) is 1. The van der Waals surface area contributed by atoms with Crippen LogP contribution >= 0.6 is 0 Å². The van der Waals surface area contributed by atoms with Crippen molar-refractivity contribution in [2.75, 3.05) is 32.6 Å². The van der Waals surface area contributed by atoms with Gasteiger partial charge in [0.2, 0.25) is 0 Å². The van der Waals surface area contributed by atoms with Gasteiger partial charge in [0.15, 0.2) is 0 Å². The maximum atomic E-state index is 11.4. The molecule has 0 saturated carbocycles. The van der Waals surface area contributed by atoms with E-state index in [1.807, 2.05) is 43.3 Å². The molecule has 1 rings (SSSR count). The van der Waals surface area contributed by atoms with Crippen molar-refractivity contribution < 1.29 is 9.53 Å². The Bertz CT molecular complexity index is 360. The number of methoxy groups -OCH3 is 1. The third-order valence-corrected chi connectivity index (χ3v) is 2.75. The number of ether oxygens (including phenoxy) is 1. The minimum absolute atomic E-state index is 0.246. The summed E-state index contributed by atoms with van der Waals surface area (Å²) in [6.45, 7) is 0.308. The number of nitrogens with two attached hydrogens (primary N) is 1. The van der Waals surface area contributed by atoms with E-state index in [1.165, 1.54) is 7.11 Å². The third kappa shape index (κ3) is 3.75. The van der Waals surface area contributed by atoms with Gasteiger partial charge < -0.3 is 15.4 Å². The fourth-order valence-corrected chi connectivity index (χ4v) is 1.64. The van der Waals surface area contributed by atoms with Gasteiger partial charge in [0.1, 0.15) is 0 Å². The Morgan fingerprint density at radius 1 is 1.35 bits per heavy atom. The van der Waals surface area contributed by atoms with E-state index in [4.69, 9.17) is 10.5 Å². The Morgan fingerprint density at radius 3 is 2.35 bits per heavy atom. The summed E-state index contributed by atoms with van der Waals surface area (Å²) in [6, 6.07) is 8.09. The standard InChI is InChI=1S/C13H20N2O2/c1-15(2)12-6-4-10(5-7-12)8-11(9-14)13(16)17-3/h4-7,11H,8-9,14H2,1-3H3. The first-order chi connectivity index (χ1) is 8.08. The molecule has 0 saturated heterocycles. The lowest BCUT2D eigenvalue weighted by Crippen LogP contribution is -2.26. The minimum atomic E-state index is -0.259. The van der Waals surface area contributed by atoms with Crippen LogP contribution in [0.5, 0.6) is 0 Å². The van der Waals surface area contributed by atoms with Gasteiger partial charge >= 0.3 is 5.97 Å². The number of hydrogen-bond donors (Lipinski definition) is 1. The zero-order valence-corrected chi connectivity index (χ0v) is 10.6. The molecule has 0 fully saturated rings. The number of hydrogen-bond acceptors (Lipinski definition) is 4. The van der Waals surface area contributed by atoms with Crippen LogP contribution in [0.1, 0.15) is 5.56 Å². The molecule has 94 valence electrons. The second kappa shape index (κ2) is 6.25. The lowest BCUT2D eigenvalue weighted by atomic mass is 9.99. The Balaban J connectivity index is 2.70. The Hall–Kier alpha value is -1.55. The van der Waals surface area contributed by atoms with Gasteiger partial charge in [0, 0.05) is 26.3 Å². The summed E-state index contributed by atoms with van der Waals surface area (Å²) in [6.07, 6.45) is 0.622. The summed E-state index contributed by atoms with van der Waals surface area (Å²) >= 11 is 0. The molecule has 0 radical (unpaired) electrons. The first-order valence-electron chi connectivity index (χ1n) is 5.62. The van der Waals surface area contributed by atoms with Gasteiger partial charge in [-0.05, 0) is 24.1 Å². The molecule has 0 aromatic heterocycles. The van der Waals surface area contributed by atoms with Crippen molar-refractivity contribution in [1.82, 2.24) is 0 Å². The number of esters is 1. The highest BCUT2D eigenvalue weighted by atomic mass is 16.5. The van der Waals surface area contributed by atoms with E-state index < -0.39 is 0 Å². The minimum Gasteiger partial charge on any atom is -0.469 e. The monoisotopic (exact) mass is 236 g/mol. The Labute approximate surface area is 102 Å². The van der Waals surface area contributed by atoms with Crippen molar-refractivity contribution in [3.8, 4) is 0 Å². The van der Waals surface area contributed by atoms with Crippen molar-refractivity contribution in [3.05, 3.63) is 29.8 Å². The van der Waals surface area contributed by atoms with Gasteiger partial charge in [-0.1, -0.05) is 12.1 Å². The van der Waals surface area contributed by atoms with Crippen LogP contribution in [0.25, 0.3) is 0 Å². The molecule has 0 spiro atoms. The molecule has 1 aromatic carbocycles. The highest BCUT2D eigenvalue weighted by Crippen LogP contribution is 2.15. The zero-order valence-electron chi connectivity index (χ0n) is 10.6. The van der Waals surface area contributed by atoms with Crippen LogP contribution < -0.4 is 10.6 Å². The molecule has 0 heterocycles. The quantitative estimate of drug-likeness (QED) is 0.776. The molecule has 0 bridgehead atoms. The average molecular weight is 236 g/mol. The molecule has 0 aliphatic rings. The number of rotatable bonds is 5. The molecule has 0 aliphatic heterocycles. The maximum Gasteiger partial charge on any atom is 0.310 e.